The number of nitrogens with zero attached hydrogens (tertiary/aromatic N) is 6. The molecule has 26 heavy (non-hydrogen) atoms. The van der Waals surface area contributed by atoms with Gasteiger partial charge in [0.2, 0.25) is 11.9 Å². The number of hydrogen-bond donors (Lipinski definition) is 1. The van der Waals surface area contributed by atoms with Gasteiger partial charge in [0.25, 0.3) is 5.89 Å². The molecule has 2 aromatic heterocycles. The fourth-order valence-electron chi connectivity index (χ4n) is 2.27. The second-order valence-electron chi connectivity index (χ2n) is 6.56. The van der Waals surface area contributed by atoms with Gasteiger partial charge in [0.1, 0.15) is 5.82 Å². The molecule has 0 bridgehead atoms. The molecule has 0 spiro atoms. The van der Waals surface area contributed by atoms with Gasteiger partial charge in [0.15, 0.2) is 5.82 Å². The van der Waals surface area contributed by atoms with Crippen LogP contribution in [0.3, 0.4) is 0 Å². The summed E-state index contributed by atoms with van der Waals surface area (Å²) in [7, 11) is 3.80. The van der Waals surface area contributed by atoms with Crippen LogP contribution < -0.4 is 10.2 Å². The number of hydrogen-bond acceptors (Lipinski definition) is 8. The number of anilines is 2. The second kappa shape index (κ2) is 7.47. The van der Waals surface area contributed by atoms with Crippen LogP contribution in [0.15, 0.2) is 34.9 Å². The Hall–Kier alpha value is -3.03. The topological polar surface area (TPSA) is 92.9 Å². The largest absolute Gasteiger partial charge is 0.347 e. The minimum atomic E-state index is -0.214. The molecule has 0 radical (unpaired) electrons. The van der Waals surface area contributed by atoms with Crippen LogP contribution in [-0.2, 0) is 0 Å². The van der Waals surface area contributed by atoms with E-state index in [4.69, 9.17) is 4.52 Å². The minimum absolute atomic E-state index is 0.197. The molecular formula is C18H23N7O. The molecule has 2 heterocycles. The van der Waals surface area contributed by atoms with E-state index in [0.29, 0.717) is 23.6 Å². The quantitative estimate of drug-likeness (QED) is 0.721. The first-order chi connectivity index (χ1) is 12.4. The summed E-state index contributed by atoms with van der Waals surface area (Å²) in [5.74, 6) is 3.06. The van der Waals surface area contributed by atoms with Crippen LogP contribution in [0.2, 0.25) is 0 Å². The van der Waals surface area contributed by atoms with E-state index < -0.39 is 0 Å². The second-order valence-corrected chi connectivity index (χ2v) is 6.56. The predicted octanol–water partition coefficient (Wildman–Crippen LogP) is 3.28. The molecule has 0 aliphatic rings. The lowest BCUT2D eigenvalue weighted by atomic mass is 10.2. The molecule has 8 nitrogen and oxygen atoms in total. The van der Waals surface area contributed by atoms with Crippen molar-refractivity contribution in [1.29, 1.82) is 0 Å². The van der Waals surface area contributed by atoms with Crippen molar-refractivity contribution in [2.45, 2.75) is 32.7 Å². The van der Waals surface area contributed by atoms with Gasteiger partial charge < -0.3 is 14.7 Å². The average Bonchev–Trinajstić information content (AvgIpc) is 3.12. The molecule has 0 amide bonds. The van der Waals surface area contributed by atoms with E-state index in [1.54, 1.807) is 0 Å². The lowest BCUT2D eigenvalue weighted by Gasteiger charge is -2.16. The van der Waals surface area contributed by atoms with Gasteiger partial charge in [-0.05, 0) is 19.1 Å². The summed E-state index contributed by atoms with van der Waals surface area (Å²) < 4.78 is 5.37. The molecular weight excluding hydrogens is 330 g/mol. The zero-order chi connectivity index (χ0) is 18.7. The van der Waals surface area contributed by atoms with Gasteiger partial charge in [-0.25, -0.2) is 0 Å². The average molecular weight is 353 g/mol. The lowest BCUT2D eigenvalue weighted by molar-refractivity contribution is 0.419. The van der Waals surface area contributed by atoms with E-state index in [1.165, 1.54) is 0 Å². The standard InChI is InChI=1S/C18H23N7O/c1-11(2)14-21-17(23-18(22-14)25(4)5)19-12(3)15-20-16(26-24-15)13-9-7-6-8-10-13/h6-12H,1-5H3,(H,19,21,22,23). The first kappa shape index (κ1) is 17.8. The predicted molar refractivity (Wildman–Crippen MR) is 100 cm³/mol. The number of aromatic nitrogens is 5. The van der Waals surface area contributed by atoms with Gasteiger partial charge in [-0.3, -0.25) is 0 Å². The number of rotatable bonds is 6. The summed E-state index contributed by atoms with van der Waals surface area (Å²) in [6.45, 7) is 6.04. The third-order valence-corrected chi connectivity index (χ3v) is 3.75. The molecule has 0 saturated heterocycles. The first-order valence-electron chi connectivity index (χ1n) is 8.53. The summed E-state index contributed by atoms with van der Waals surface area (Å²) in [5.41, 5.74) is 0.885. The molecule has 3 aromatic rings. The van der Waals surface area contributed by atoms with E-state index in [9.17, 15) is 0 Å². The minimum Gasteiger partial charge on any atom is -0.347 e. The Bertz CT molecular complexity index is 835. The van der Waals surface area contributed by atoms with Gasteiger partial charge in [-0.1, -0.05) is 37.2 Å². The fourth-order valence-corrected chi connectivity index (χ4v) is 2.27. The van der Waals surface area contributed by atoms with Gasteiger partial charge in [-0.15, -0.1) is 0 Å². The third kappa shape index (κ3) is 3.96. The van der Waals surface area contributed by atoms with E-state index >= 15 is 0 Å². The van der Waals surface area contributed by atoms with Crippen LogP contribution in [-0.4, -0.2) is 39.2 Å². The van der Waals surface area contributed by atoms with E-state index in [0.717, 1.165) is 11.4 Å². The lowest BCUT2D eigenvalue weighted by Crippen LogP contribution is -2.18. The van der Waals surface area contributed by atoms with Gasteiger partial charge >= 0.3 is 0 Å². The van der Waals surface area contributed by atoms with E-state index in [-0.39, 0.29) is 12.0 Å². The molecule has 1 atom stereocenters. The highest BCUT2D eigenvalue weighted by molar-refractivity contribution is 5.52. The molecule has 1 unspecified atom stereocenters. The maximum Gasteiger partial charge on any atom is 0.257 e. The van der Waals surface area contributed by atoms with Crippen molar-refractivity contribution in [3.63, 3.8) is 0 Å². The Morgan fingerprint density at radius 2 is 1.65 bits per heavy atom. The molecule has 0 fully saturated rings. The zero-order valence-corrected chi connectivity index (χ0v) is 15.6. The summed E-state index contributed by atoms with van der Waals surface area (Å²) in [5, 5.41) is 7.31. The summed E-state index contributed by atoms with van der Waals surface area (Å²) in [6.07, 6.45) is 0. The van der Waals surface area contributed by atoms with Crippen LogP contribution >= 0.6 is 0 Å². The van der Waals surface area contributed by atoms with Crippen LogP contribution in [0.1, 0.15) is 44.4 Å². The van der Waals surface area contributed by atoms with Crippen molar-refractivity contribution in [3.8, 4) is 11.5 Å². The SMILES string of the molecule is CC(C)c1nc(NC(C)c2noc(-c3ccccc3)n2)nc(N(C)C)n1. The molecule has 0 saturated carbocycles. The molecule has 1 aromatic carbocycles. The molecule has 136 valence electrons. The van der Waals surface area contributed by atoms with Crippen molar-refractivity contribution in [2.75, 3.05) is 24.3 Å². The molecule has 0 aliphatic carbocycles. The Morgan fingerprint density at radius 1 is 0.923 bits per heavy atom. The van der Waals surface area contributed by atoms with E-state index in [2.05, 4.69) is 30.4 Å². The molecule has 1 N–H and O–H groups in total. The Balaban J connectivity index is 1.82. The maximum absolute atomic E-state index is 5.37. The van der Waals surface area contributed by atoms with Gasteiger partial charge in [0.05, 0.1) is 6.04 Å². The highest BCUT2D eigenvalue weighted by atomic mass is 16.5. The van der Waals surface area contributed by atoms with Crippen LogP contribution in [0.5, 0.6) is 0 Å². The van der Waals surface area contributed by atoms with Gasteiger partial charge in [0, 0.05) is 25.6 Å². The molecule has 8 heteroatoms. The summed E-state index contributed by atoms with van der Waals surface area (Å²) in [4.78, 5) is 19.7. The van der Waals surface area contributed by atoms with Crippen molar-refractivity contribution in [3.05, 3.63) is 42.0 Å². The van der Waals surface area contributed by atoms with Gasteiger partial charge in [-0.2, -0.15) is 19.9 Å². The Morgan fingerprint density at radius 3 is 2.31 bits per heavy atom. The number of nitrogens with one attached hydrogen (secondary N) is 1. The summed E-state index contributed by atoms with van der Waals surface area (Å²) >= 11 is 0. The van der Waals surface area contributed by atoms with Crippen molar-refractivity contribution in [1.82, 2.24) is 25.1 Å². The Labute approximate surface area is 152 Å². The van der Waals surface area contributed by atoms with Crippen LogP contribution in [0.4, 0.5) is 11.9 Å². The first-order valence-corrected chi connectivity index (χ1v) is 8.53. The Kier molecular flexibility index (Phi) is 5.11. The van der Waals surface area contributed by atoms with Crippen LogP contribution in [0, 0.1) is 0 Å². The maximum atomic E-state index is 5.37. The highest BCUT2D eigenvalue weighted by Crippen LogP contribution is 2.22. The van der Waals surface area contributed by atoms with Crippen molar-refractivity contribution < 1.29 is 4.52 Å². The smallest absolute Gasteiger partial charge is 0.257 e. The normalized spacial score (nSPS) is 12.2. The monoisotopic (exact) mass is 353 g/mol. The zero-order valence-electron chi connectivity index (χ0n) is 15.6. The summed E-state index contributed by atoms with van der Waals surface area (Å²) in [6, 6.07) is 9.46. The highest BCUT2D eigenvalue weighted by Gasteiger charge is 2.18. The fraction of sp³-hybridized carbons (Fsp3) is 0.389. The molecule has 0 aliphatic heterocycles. The van der Waals surface area contributed by atoms with E-state index in [1.807, 2.05) is 70.1 Å². The molecule has 3 rings (SSSR count). The third-order valence-electron chi connectivity index (χ3n) is 3.75. The van der Waals surface area contributed by atoms with Crippen molar-refractivity contribution in [2.24, 2.45) is 0 Å². The van der Waals surface area contributed by atoms with Crippen molar-refractivity contribution >= 4 is 11.9 Å². The number of benzene rings is 1. The van der Waals surface area contributed by atoms with Crippen LogP contribution in [0.25, 0.3) is 11.5 Å².